The van der Waals surface area contributed by atoms with Gasteiger partial charge in [-0.15, -0.1) is 0 Å². The zero-order valence-corrected chi connectivity index (χ0v) is 16.9. The van der Waals surface area contributed by atoms with Crippen molar-refractivity contribution in [3.05, 3.63) is 63.7 Å². The zero-order chi connectivity index (χ0) is 23.5. The van der Waals surface area contributed by atoms with Gasteiger partial charge in [0, 0.05) is 24.1 Å². The van der Waals surface area contributed by atoms with E-state index in [4.69, 9.17) is 4.74 Å². The van der Waals surface area contributed by atoms with E-state index in [-0.39, 0.29) is 28.4 Å². The van der Waals surface area contributed by atoms with Gasteiger partial charge in [0.05, 0.1) is 20.9 Å². The molecule has 168 valence electrons. The fourth-order valence-corrected chi connectivity index (χ4v) is 3.78. The number of esters is 1. The third-order valence-electron chi connectivity index (χ3n) is 4.29. The van der Waals surface area contributed by atoms with Crippen molar-refractivity contribution < 1.29 is 37.2 Å². The third-order valence-corrected chi connectivity index (χ3v) is 5.44. The molecule has 9 nitrogen and oxygen atoms in total. The number of carbonyl (C=O) groups is 3. The maximum absolute atomic E-state index is 12.9. The number of imide groups is 1. The van der Waals surface area contributed by atoms with Crippen molar-refractivity contribution in [3.8, 4) is 0 Å². The molecule has 0 bridgehead atoms. The topological polar surface area (TPSA) is 119 Å². The molecule has 2 aromatic rings. The molecule has 1 fully saturated rings. The smallest absolute Gasteiger partial charge is 0.416 e. The van der Waals surface area contributed by atoms with Crippen LogP contribution >= 0.6 is 11.8 Å². The lowest BCUT2D eigenvalue weighted by Gasteiger charge is -2.13. The molecule has 0 aromatic heterocycles. The molecule has 0 atom stereocenters. The number of nitrogens with one attached hydrogen (secondary N) is 1. The molecular formula is C19H14F3N3O6S. The van der Waals surface area contributed by atoms with E-state index in [9.17, 15) is 37.7 Å². The highest BCUT2D eigenvalue weighted by Crippen LogP contribution is 2.40. The van der Waals surface area contributed by atoms with Crippen molar-refractivity contribution in [2.45, 2.75) is 16.0 Å². The number of halogens is 3. The second-order valence-corrected chi connectivity index (χ2v) is 7.47. The van der Waals surface area contributed by atoms with Crippen LogP contribution in [0.25, 0.3) is 0 Å². The van der Waals surface area contributed by atoms with E-state index < -0.39 is 46.9 Å². The average molecular weight is 469 g/mol. The zero-order valence-electron chi connectivity index (χ0n) is 16.0. The monoisotopic (exact) mass is 469 g/mol. The molecule has 1 aliphatic rings. The Morgan fingerprint density at radius 3 is 2.53 bits per heavy atom. The Bertz CT molecular complexity index is 1090. The highest BCUT2D eigenvalue weighted by molar-refractivity contribution is 7.99. The van der Waals surface area contributed by atoms with Gasteiger partial charge in [0.25, 0.3) is 11.6 Å². The summed E-state index contributed by atoms with van der Waals surface area (Å²) in [7, 11) is 0. The van der Waals surface area contributed by atoms with Crippen molar-refractivity contribution in [2.75, 3.05) is 19.7 Å². The molecule has 3 amide bonds. The number of benzene rings is 2. The second kappa shape index (κ2) is 9.26. The van der Waals surface area contributed by atoms with Crippen LogP contribution in [0.1, 0.15) is 15.9 Å². The van der Waals surface area contributed by atoms with E-state index in [1.165, 1.54) is 24.3 Å². The van der Waals surface area contributed by atoms with E-state index >= 15 is 0 Å². The number of hydrogen-bond acceptors (Lipinski definition) is 7. The third kappa shape index (κ3) is 5.17. The van der Waals surface area contributed by atoms with Crippen LogP contribution in [0.15, 0.2) is 52.3 Å². The summed E-state index contributed by atoms with van der Waals surface area (Å²) in [6.07, 6.45) is -4.76. The maximum Gasteiger partial charge on any atom is 0.416 e. The lowest BCUT2D eigenvalue weighted by molar-refractivity contribution is -0.388. The van der Waals surface area contributed by atoms with Crippen LogP contribution in [-0.4, -0.2) is 47.4 Å². The van der Waals surface area contributed by atoms with Gasteiger partial charge in [-0.2, -0.15) is 13.2 Å². The van der Waals surface area contributed by atoms with Gasteiger partial charge >= 0.3 is 18.2 Å². The number of rotatable bonds is 6. The van der Waals surface area contributed by atoms with E-state index in [2.05, 4.69) is 5.32 Å². The quantitative estimate of drug-likeness (QED) is 0.391. The summed E-state index contributed by atoms with van der Waals surface area (Å²) in [5.41, 5.74) is -2.00. The minimum atomic E-state index is -4.76. The number of amides is 3. The molecule has 0 spiro atoms. The number of ether oxygens (including phenoxy) is 1. The average Bonchev–Trinajstić information content (AvgIpc) is 3.17. The fourth-order valence-electron chi connectivity index (χ4n) is 2.76. The SMILES string of the molecule is O=C(OCC(=O)N1CCNC1=O)c1ccccc1Sc1ccc(C(F)(F)F)cc1[N+](=O)[O-]. The van der Waals surface area contributed by atoms with Crippen LogP contribution in [0.3, 0.4) is 0 Å². The Hall–Kier alpha value is -3.61. The van der Waals surface area contributed by atoms with Gasteiger partial charge in [-0.25, -0.2) is 9.59 Å². The van der Waals surface area contributed by atoms with Crippen LogP contribution in [0, 0.1) is 10.1 Å². The Kier molecular flexibility index (Phi) is 6.67. The van der Waals surface area contributed by atoms with Crippen molar-refractivity contribution >= 4 is 35.4 Å². The lowest BCUT2D eigenvalue weighted by atomic mass is 10.2. The first-order valence-electron chi connectivity index (χ1n) is 8.96. The Labute approximate surface area is 182 Å². The largest absolute Gasteiger partial charge is 0.452 e. The molecule has 0 unspecified atom stereocenters. The highest BCUT2D eigenvalue weighted by Gasteiger charge is 2.33. The molecule has 1 aliphatic heterocycles. The summed E-state index contributed by atoms with van der Waals surface area (Å²) in [6, 6.07) is 7.25. The number of urea groups is 1. The minimum absolute atomic E-state index is 0.0506. The van der Waals surface area contributed by atoms with E-state index in [1.54, 1.807) is 0 Å². The van der Waals surface area contributed by atoms with Crippen molar-refractivity contribution in [1.82, 2.24) is 10.2 Å². The van der Waals surface area contributed by atoms with Crippen LogP contribution in [0.4, 0.5) is 23.7 Å². The van der Waals surface area contributed by atoms with Gasteiger partial charge < -0.3 is 10.1 Å². The summed E-state index contributed by atoms with van der Waals surface area (Å²) in [5.74, 6) is -1.66. The van der Waals surface area contributed by atoms with Crippen LogP contribution in [-0.2, 0) is 15.7 Å². The molecule has 2 aromatic carbocycles. The first kappa shape index (κ1) is 23.1. The molecule has 0 aliphatic carbocycles. The molecular weight excluding hydrogens is 455 g/mol. The molecule has 3 rings (SSSR count). The molecule has 0 saturated carbocycles. The van der Waals surface area contributed by atoms with E-state index in [1.807, 2.05) is 0 Å². The minimum Gasteiger partial charge on any atom is -0.452 e. The van der Waals surface area contributed by atoms with Crippen molar-refractivity contribution in [2.24, 2.45) is 0 Å². The number of nitro benzene ring substituents is 1. The predicted molar refractivity (Wildman–Crippen MR) is 104 cm³/mol. The fraction of sp³-hybridized carbons (Fsp3) is 0.211. The summed E-state index contributed by atoms with van der Waals surface area (Å²) in [6.45, 7) is -0.283. The summed E-state index contributed by atoms with van der Waals surface area (Å²) in [4.78, 5) is 47.3. The summed E-state index contributed by atoms with van der Waals surface area (Å²) < 4.78 is 43.7. The lowest BCUT2D eigenvalue weighted by Crippen LogP contribution is -2.37. The maximum atomic E-state index is 12.9. The summed E-state index contributed by atoms with van der Waals surface area (Å²) in [5, 5.41) is 13.7. The second-order valence-electron chi connectivity index (χ2n) is 6.39. The number of alkyl halides is 3. The van der Waals surface area contributed by atoms with Crippen LogP contribution in [0.2, 0.25) is 0 Å². The normalized spacial score (nSPS) is 13.6. The standard InChI is InChI=1S/C19H14F3N3O6S/c20-19(21,22)11-5-6-15(13(9-11)25(29)30)32-14-4-2-1-3-12(14)17(27)31-10-16(26)24-8-7-23-18(24)28/h1-6,9H,7-8,10H2,(H,23,28). The van der Waals surface area contributed by atoms with Crippen molar-refractivity contribution in [1.29, 1.82) is 0 Å². The first-order valence-corrected chi connectivity index (χ1v) is 9.77. The van der Waals surface area contributed by atoms with Gasteiger partial charge in [-0.05, 0) is 24.3 Å². The van der Waals surface area contributed by atoms with E-state index in [0.29, 0.717) is 23.9 Å². The molecule has 0 radical (unpaired) electrons. The molecule has 32 heavy (non-hydrogen) atoms. The number of hydrogen-bond donors (Lipinski definition) is 1. The van der Waals surface area contributed by atoms with Gasteiger partial charge in [0.15, 0.2) is 6.61 Å². The number of nitrogens with zero attached hydrogens (tertiary/aromatic N) is 2. The Morgan fingerprint density at radius 2 is 1.91 bits per heavy atom. The van der Waals surface area contributed by atoms with Gasteiger partial charge in [-0.1, -0.05) is 23.9 Å². The molecule has 13 heteroatoms. The Balaban J connectivity index is 1.79. The Morgan fingerprint density at radius 1 is 1.19 bits per heavy atom. The molecule has 1 N–H and O–H groups in total. The molecule has 1 saturated heterocycles. The number of nitro groups is 1. The highest BCUT2D eigenvalue weighted by atomic mass is 32.2. The van der Waals surface area contributed by atoms with Gasteiger partial charge in [0.1, 0.15) is 0 Å². The first-order chi connectivity index (χ1) is 15.1. The van der Waals surface area contributed by atoms with Gasteiger partial charge in [0.2, 0.25) is 0 Å². The van der Waals surface area contributed by atoms with Gasteiger partial charge in [-0.3, -0.25) is 19.8 Å². The van der Waals surface area contributed by atoms with Crippen LogP contribution < -0.4 is 5.32 Å². The number of carbonyl (C=O) groups excluding carboxylic acids is 3. The van der Waals surface area contributed by atoms with Crippen LogP contribution in [0.5, 0.6) is 0 Å². The predicted octanol–water partition coefficient (Wildman–Crippen LogP) is 3.47. The summed E-state index contributed by atoms with van der Waals surface area (Å²) >= 11 is 0.707. The van der Waals surface area contributed by atoms with Crippen molar-refractivity contribution in [3.63, 3.8) is 0 Å². The molecule has 1 heterocycles. The van der Waals surface area contributed by atoms with E-state index in [0.717, 1.165) is 11.0 Å².